The van der Waals surface area contributed by atoms with Gasteiger partial charge in [0.1, 0.15) is 8.24 Å². The average Bonchev–Trinajstić information content (AvgIpc) is 2.29. The van der Waals surface area contributed by atoms with Crippen LogP contribution in [0.1, 0.15) is 27.2 Å². The van der Waals surface area contributed by atoms with E-state index in [0.717, 1.165) is 6.42 Å². The Kier molecular flexibility index (Phi) is 2.83. The molecule has 0 heterocycles. The lowest BCUT2D eigenvalue weighted by atomic mass is 10.1. The molecule has 0 aromatic rings. The zero-order chi connectivity index (χ0) is 10.1. The Labute approximate surface area is 83.0 Å². The second-order valence-electron chi connectivity index (χ2n) is 5.32. The van der Waals surface area contributed by atoms with Crippen LogP contribution < -0.4 is 4.98 Å². The first-order valence-electron chi connectivity index (χ1n) is 4.97. The first kappa shape index (κ1) is 10.7. The van der Waals surface area contributed by atoms with Crippen LogP contribution in [-0.4, -0.2) is 13.8 Å². The zero-order valence-corrected chi connectivity index (χ0v) is 10.4. The van der Waals surface area contributed by atoms with Gasteiger partial charge in [0.25, 0.3) is 0 Å². The van der Waals surface area contributed by atoms with Crippen LogP contribution in [0, 0.1) is 0 Å². The number of hydrogen-bond donors (Lipinski definition) is 1. The number of rotatable bonds is 2. The van der Waals surface area contributed by atoms with Crippen molar-refractivity contribution in [1.29, 1.82) is 0 Å². The quantitative estimate of drug-likeness (QED) is 0.668. The molecule has 0 saturated heterocycles. The van der Waals surface area contributed by atoms with Crippen LogP contribution in [0.4, 0.5) is 0 Å². The molecule has 0 aliphatic heterocycles. The summed E-state index contributed by atoms with van der Waals surface area (Å²) in [5.41, 5.74) is 0.235. The molecule has 0 aromatic carbocycles. The summed E-state index contributed by atoms with van der Waals surface area (Å²) < 4.78 is 0. The van der Waals surface area contributed by atoms with E-state index in [1.807, 2.05) is 0 Å². The van der Waals surface area contributed by atoms with Gasteiger partial charge in [0, 0.05) is 5.54 Å². The standard InChI is InChI=1S/C11H21NSi/c1-11(2,3)12-13(4,5)10-8-6-7-9-10/h6-8,12H,9H2,1-5H3. The number of allylic oxidation sites excluding steroid dienone is 4. The summed E-state index contributed by atoms with van der Waals surface area (Å²) >= 11 is 0. The molecule has 0 fully saturated rings. The molecule has 0 atom stereocenters. The van der Waals surface area contributed by atoms with Gasteiger partial charge in [-0.05, 0) is 27.2 Å². The van der Waals surface area contributed by atoms with Gasteiger partial charge in [-0.3, -0.25) is 0 Å². The maximum absolute atomic E-state index is 3.77. The van der Waals surface area contributed by atoms with E-state index in [9.17, 15) is 0 Å². The first-order valence-corrected chi connectivity index (χ1v) is 7.97. The summed E-state index contributed by atoms with van der Waals surface area (Å²) in [7, 11) is -1.36. The molecule has 74 valence electrons. The van der Waals surface area contributed by atoms with E-state index in [4.69, 9.17) is 0 Å². The maximum Gasteiger partial charge on any atom is 0.148 e. The lowest BCUT2D eigenvalue weighted by molar-refractivity contribution is 0.513. The van der Waals surface area contributed by atoms with Crippen LogP contribution in [-0.2, 0) is 0 Å². The third-order valence-corrected chi connectivity index (χ3v) is 5.61. The Morgan fingerprint density at radius 3 is 2.31 bits per heavy atom. The van der Waals surface area contributed by atoms with Crippen LogP contribution in [0.25, 0.3) is 0 Å². The van der Waals surface area contributed by atoms with Crippen LogP contribution in [0.5, 0.6) is 0 Å². The Hall–Kier alpha value is -0.343. The van der Waals surface area contributed by atoms with E-state index < -0.39 is 8.24 Å². The molecule has 0 unspecified atom stereocenters. The minimum Gasteiger partial charge on any atom is -0.329 e. The van der Waals surface area contributed by atoms with Crippen molar-refractivity contribution in [2.75, 3.05) is 0 Å². The van der Waals surface area contributed by atoms with Crippen molar-refractivity contribution in [3.8, 4) is 0 Å². The van der Waals surface area contributed by atoms with E-state index >= 15 is 0 Å². The molecule has 0 bridgehead atoms. The molecular weight excluding hydrogens is 174 g/mol. The summed E-state index contributed by atoms with van der Waals surface area (Å²) in [5, 5.41) is 1.61. The second-order valence-corrected chi connectivity index (χ2v) is 9.47. The van der Waals surface area contributed by atoms with E-state index in [1.54, 1.807) is 5.20 Å². The minimum atomic E-state index is -1.36. The smallest absolute Gasteiger partial charge is 0.148 e. The van der Waals surface area contributed by atoms with Crippen molar-refractivity contribution < 1.29 is 0 Å². The van der Waals surface area contributed by atoms with Gasteiger partial charge in [0.05, 0.1) is 0 Å². The van der Waals surface area contributed by atoms with Crippen LogP contribution in [0.15, 0.2) is 23.4 Å². The molecule has 1 aliphatic carbocycles. The van der Waals surface area contributed by atoms with Crippen LogP contribution >= 0.6 is 0 Å². The highest BCUT2D eigenvalue weighted by Gasteiger charge is 2.30. The van der Waals surface area contributed by atoms with Gasteiger partial charge in [0.15, 0.2) is 0 Å². The van der Waals surface area contributed by atoms with Gasteiger partial charge in [-0.2, -0.15) is 0 Å². The summed E-state index contributed by atoms with van der Waals surface area (Å²) in [6, 6.07) is 0. The van der Waals surface area contributed by atoms with Crippen LogP contribution in [0.3, 0.4) is 0 Å². The molecule has 13 heavy (non-hydrogen) atoms. The highest BCUT2D eigenvalue weighted by molar-refractivity contribution is 6.82. The maximum atomic E-state index is 3.77. The molecule has 0 spiro atoms. The van der Waals surface area contributed by atoms with Crippen molar-refractivity contribution in [3.05, 3.63) is 23.4 Å². The van der Waals surface area contributed by atoms with Gasteiger partial charge in [-0.1, -0.05) is 36.5 Å². The predicted octanol–water partition coefficient (Wildman–Crippen LogP) is 3.01. The third-order valence-electron chi connectivity index (χ3n) is 2.26. The van der Waals surface area contributed by atoms with E-state index in [-0.39, 0.29) is 5.54 Å². The summed E-state index contributed by atoms with van der Waals surface area (Å²) in [6.07, 6.45) is 7.86. The fraction of sp³-hybridized carbons (Fsp3) is 0.636. The number of hydrogen-bond acceptors (Lipinski definition) is 1. The van der Waals surface area contributed by atoms with Gasteiger partial charge in [0.2, 0.25) is 0 Å². The molecule has 1 aliphatic rings. The fourth-order valence-corrected chi connectivity index (χ4v) is 5.11. The SMILES string of the molecule is CC(C)(C)N[Si](C)(C)C1=CC=CC1. The summed E-state index contributed by atoms with van der Waals surface area (Å²) in [4.78, 5) is 3.77. The van der Waals surface area contributed by atoms with Crippen molar-refractivity contribution in [1.82, 2.24) is 4.98 Å². The van der Waals surface area contributed by atoms with Gasteiger partial charge in [-0.15, -0.1) is 0 Å². The van der Waals surface area contributed by atoms with Crippen LogP contribution in [0.2, 0.25) is 13.1 Å². The molecule has 0 amide bonds. The average molecular weight is 195 g/mol. The van der Waals surface area contributed by atoms with Crippen molar-refractivity contribution >= 4 is 8.24 Å². The summed E-state index contributed by atoms with van der Waals surface area (Å²) in [5.74, 6) is 0. The van der Waals surface area contributed by atoms with E-state index in [1.165, 1.54) is 0 Å². The Morgan fingerprint density at radius 2 is 1.92 bits per heavy atom. The number of nitrogens with one attached hydrogen (secondary N) is 1. The third kappa shape index (κ3) is 3.12. The topological polar surface area (TPSA) is 12.0 Å². The lowest BCUT2D eigenvalue weighted by Gasteiger charge is -2.34. The Morgan fingerprint density at radius 1 is 1.31 bits per heavy atom. The molecule has 1 nitrogen and oxygen atoms in total. The van der Waals surface area contributed by atoms with Gasteiger partial charge >= 0.3 is 0 Å². The molecule has 0 saturated carbocycles. The molecule has 2 heteroatoms. The largest absolute Gasteiger partial charge is 0.329 e. The van der Waals surface area contributed by atoms with E-state index in [0.29, 0.717) is 0 Å². The lowest BCUT2D eigenvalue weighted by Crippen LogP contribution is -2.55. The molecule has 1 rings (SSSR count). The molecule has 0 aromatic heterocycles. The zero-order valence-electron chi connectivity index (χ0n) is 9.44. The highest BCUT2D eigenvalue weighted by atomic mass is 28.3. The molecular formula is C11H21NSi. The molecule has 1 N–H and O–H groups in total. The summed E-state index contributed by atoms with van der Waals surface area (Å²) in [6.45, 7) is 11.5. The normalized spacial score (nSPS) is 17.8. The first-order chi connectivity index (χ1) is 5.81. The Bertz CT molecular complexity index is 243. The highest BCUT2D eigenvalue weighted by Crippen LogP contribution is 2.22. The second kappa shape index (κ2) is 3.43. The minimum absolute atomic E-state index is 0.235. The predicted molar refractivity (Wildman–Crippen MR) is 62.2 cm³/mol. The van der Waals surface area contributed by atoms with Crippen molar-refractivity contribution in [2.45, 2.75) is 45.8 Å². The van der Waals surface area contributed by atoms with Gasteiger partial charge < -0.3 is 4.98 Å². The van der Waals surface area contributed by atoms with Crippen molar-refractivity contribution in [2.24, 2.45) is 0 Å². The van der Waals surface area contributed by atoms with E-state index in [2.05, 4.69) is 57.1 Å². The molecule has 0 radical (unpaired) electrons. The van der Waals surface area contributed by atoms with Gasteiger partial charge in [-0.25, -0.2) is 0 Å². The van der Waals surface area contributed by atoms with Crippen molar-refractivity contribution in [3.63, 3.8) is 0 Å². The Balaban J connectivity index is 2.66. The fourth-order valence-electron chi connectivity index (χ4n) is 1.93. The monoisotopic (exact) mass is 195 g/mol.